The van der Waals surface area contributed by atoms with Gasteiger partial charge in [0.1, 0.15) is 5.69 Å². The second-order valence-corrected chi connectivity index (χ2v) is 9.61. The molecule has 10 nitrogen and oxygen atoms in total. The Labute approximate surface area is 223 Å². The van der Waals surface area contributed by atoms with Crippen LogP contribution >= 0.6 is 0 Å². The third-order valence-corrected chi connectivity index (χ3v) is 6.59. The molecule has 1 saturated carbocycles. The number of halogens is 2. The normalized spacial score (nSPS) is 16.3. The summed E-state index contributed by atoms with van der Waals surface area (Å²) in [6.07, 6.45) is 3.62. The van der Waals surface area contributed by atoms with Crippen LogP contribution in [0.1, 0.15) is 52.5 Å². The summed E-state index contributed by atoms with van der Waals surface area (Å²) in [6.45, 7) is 0.342. The molecule has 0 bridgehead atoms. The number of nitrogens with zero attached hydrogens (tertiary/aromatic N) is 4. The Bertz CT molecular complexity index is 1320. The number of oxazole rings is 1. The van der Waals surface area contributed by atoms with Crippen molar-refractivity contribution in [3.8, 4) is 23.0 Å². The van der Waals surface area contributed by atoms with E-state index in [2.05, 4.69) is 14.7 Å². The number of benzene rings is 1. The van der Waals surface area contributed by atoms with Gasteiger partial charge in [-0.3, -0.25) is 14.6 Å². The Morgan fingerprint density at radius 3 is 2.41 bits per heavy atom. The number of ether oxygens (including phenoxy) is 2. The highest BCUT2D eigenvalue weighted by Gasteiger charge is 2.31. The van der Waals surface area contributed by atoms with E-state index in [4.69, 9.17) is 14.9 Å². The molecule has 0 radical (unpaired) electrons. The zero-order chi connectivity index (χ0) is 27.5. The lowest BCUT2D eigenvalue weighted by Crippen LogP contribution is -2.51. The van der Waals surface area contributed by atoms with Crippen LogP contribution in [0.2, 0.25) is 0 Å². The van der Waals surface area contributed by atoms with Gasteiger partial charge in [0, 0.05) is 37.9 Å². The van der Waals surface area contributed by atoms with Crippen molar-refractivity contribution < 1.29 is 32.3 Å². The van der Waals surface area contributed by atoms with Gasteiger partial charge in [-0.1, -0.05) is 6.07 Å². The molecule has 206 valence electrons. The third-order valence-electron chi connectivity index (χ3n) is 6.59. The summed E-state index contributed by atoms with van der Waals surface area (Å²) >= 11 is 0. The Hall–Kier alpha value is -4.06. The Kier molecular flexibility index (Phi) is 7.73. The van der Waals surface area contributed by atoms with Gasteiger partial charge in [0.05, 0.1) is 12.6 Å². The highest BCUT2D eigenvalue weighted by atomic mass is 19.3. The van der Waals surface area contributed by atoms with Crippen LogP contribution in [0.15, 0.2) is 47.0 Å². The second-order valence-electron chi connectivity index (χ2n) is 9.61. The molecule has 3 heterocycles. The van der Waals surface area contributed by atoms with Crippen LogP contribution in [-0.2, 0) is 0 Å². The van der Waals surface area contributed by atoms with E-state index in [1.54, 1.807) is 41.1 Å². The maximum absolute atomic E-state index is 13.4. The van der Waals surface area contributed by atoms with Gasteiger partial charge in [-0.05, 0) is 56.0 Å². The molecule has 0 spiro atoms. The van der Waals surface area contributed by atoms with E-state index in [-0.39, 0.29) is 40.7 Å². The van der Waals surface area contributed by atoms with Crippen LogP contribution in [0.5, 0.6) is 11.5 Å². The summed E-state index contributed by atoms with van der Waals surface area (Å²) in [5, 5.41) is 0. The number of hydrogen-bond acceptors (Lipinski definition) is 8. The van der Waals surface area contributed by atoms with Crippen LogP contribution < -0.4 is 15.2 Å². The zero-order valence-electron chi connectivity index (χ0n) is 21.4. The summed E-state index contributed by atoms with van der Waals surface area (Å²) < 4.78 is 42.1. The first-order chi connectivity index (χ1) is 18.8. The first kappa shape index (κ1) is 26.5. The average Bonchev–Trinajstić information content (AvgIpc) is 3.67. The number of alkyl halides is 2. The monoisotopic (exact) mass is 541 g/mol. The molecule has 5 rings (SSSR count). The predicted molar refractivity (Wildman–Crippen MR) is 135 cm³/mol. The molecule has 1 saturated heterocycles. The van der Waals surface area contributed by atoms with E-state index in [0.29, 0.717) is 50.0 Å². The largest absolute Gasteiger partial charge is 0.489 e. The molecule has 2 N–H and O–H groups in total. The van der Waals surface area contributed by atoms with Gasteiger partial charge in [0.15, 0.2) is 23.0 Å². The minimum atomic E-state index is -3.01. The lowest BCUT2D eigenvalue weighted by atomic mass is 10.2. The number of hydrogen-bond donors (Lipinski definition) is 1. The molecular weight excluding hydrogens is 512 g/mol. The summed E-state index contributed by atoms with van der Waals surface area (Å²) in [4.78, 5) is 37.9. The predicted octanol–water partition coefficient (Wildman–Crippen LogP) is 3.74. The fraction of sp³-hybridized carbons (Fsp3) is 0.407. The standard InChI is InChI=1S/C27H29F2N5O5/c1-16(30)23-22(26(36)34-12-10-33(11-13-34)25(35)19-4-2-3-9-31-19)32-24(39-23)18-7-8-20(38-27(28)29)21(14-18)37-15-17-5-6-17/h2-4,7-9,14,16-17,27H,5-6,10-13,15,30H2,1H3/t16-/m0/s1. The summed E-state index contributed by atoms with van der Waals surface area (Å²) in [5.41, 5.74) is 6.95. The van der Waals surface area contributed by atoms with E-state index < -0.39 is 12.7 Å². The van der Waals surface area contributed by atoms with Gasteiger partial charge in [-0.15, -0.1) is 0 Å². The number of aromatic nitrogens is 2. The highest BCUT2D eigenvalue weighted by molar-refractivity contribution is 5.95. The van der Waals surface area contributed by atoms with Crippen molar-refractivity contribution in [1.29, 1.82) is 0 Å². The lowest BCUT2D eigenvalue weighted by molar-refractivity contribution is -0.0515. The van der Waals surface area contributed by atoms with Crippen molar-refractivity contribution in [1.82, 2.24) is 19.8 Å². The number of rotatable bonds is 9. The number of carbonyl (C=O) groups excluding carboxylic acids is 2. The first-order valence-electron chi connectivity index (χ1n) is 12.8. The number of piperazine rings is 1. The number of amides is 2. The average molecular weight is 542 g/mol. The van der Waals surface area contributed by atoms with E-state index in [9.17, 15) is 18.4 Å². The van der Waals surface area contributed by atoms with Crippen LogP contribution in [-0.4, -0.2) is 71.0 Å². The molecule has 12 heteroatoms. The topological polar surface area (TPSA) is 124 Å². The Morgan fingerprint density at radius 2 is 1.79 bits per heavy atom. The highest BCUT2D eigenvalue weighted by Crippen LogP contribution is 2.37. The molecular formula is C27H29F2N5O5. The van der Waals surface area contributed by atoms with E-state index >= 15 is 0 Å². The van der Waals surface area contributed by atoms with Gasteiger partial charge in [-0.25, -0.2) is 4.98 Å². The van der Waals surface area contributed by atoms with Crippen molar-refractivity contribution in [2.45, 2.75) is 32.4 Å². The van der Waals surface area contributed by atoms with Gasteiger partial charge < -0.3 is 29.4 Å². The molecule has 2 amide bonds. The molecule has 2 fully saturated rings. The molecule has 1 aromatic carbocycles. The van der Waals surface area contributed by atoms with Gasteiger partial charge in [-0.2, -0.15) is 8.78 Å². The molecule has 0 unspecified atom stereocenters. The third kappa shape index (κ3) is 6.17. The minimum absolute atomic E-state index is 0.0675. The maximum atomic E-state index is 13.4. The van der Waals surface area contributed by atoms with E-state index in [0.717, 1.165) is 12.8 Å². The van der Waals surface area contributed by atoms with Crippen molar-refractivity contribution in [3.05, 3.63) is 59.7 Å². The first-order valence-corrected chi connectivity index (χ1v) is 12.8. The van der Waals surface area contributed by atoms with Crippen LogP contribution in [0.4, 0.5) is 8.78 Å². The number of carbonyl (C=O) groups is 2. The minimum Gasteiger partial charge on any atom is -0.489 e. The van der Waals surface area contributed by atoms with E-state index in [1.807, 2.05) is 0 Å². The maximum Gasteiger partial charge on any atom is 0.387 e. The van der Waals surface area contributed by atoms with Gasteiger partial charge in [0.2, 0.25) is 5.89 Å². The van der Waals surface area contributed by atoms with Gasteiger partial charge >= 0.3 is 6.61 Å². The van der Waals surface area contributed by atoms with Crippen molar-refractivity contribution >= 4 is 11.8 Å². The van der Waals surface area contributed by atoms with Crippen LogP contribution in [0.3, 0.4) is 0 Å². The Balaban J connectivity index is 1.33. The van der Waals surface area contributed by atoms with E-state index in [1.165, 1.54) is 18.2 Å². The smallest absolute Gasteiger partial charge is 0.387 e. The molecule has 1 aliphatic heterocycles. The van der Waals surface area contributed by atoms with Crippen molar-refractivity contribution in [3.63, 3.8) is 0 Å². The lowest BCUT2D eigenvalue weighted by Gasteiger charge is -2.34. The fourth-order valence-corrected chi connectivity index (χ4v) is 4.27. The van der Waals surface area contributed by atoms with Gasteiger partial charge in [0.25, 0.3) is 11.8 Å². The molecule has 2 aromatic heterocycles. The number of pyridine rings is 1. The molecule has 1 atom stereocenters. The molecule has 1 aliphatic carbocycles. The number of nitrogens with two attached hydrogens (primary N) is 1. The molecule has 3 aromatic rings. The second kappa shape index (κ2) is 11.4. The fourth-order valence-electron chi connectivity index (χ4n) is 4.27. The summed E-state index contributed by atoms with van der Waals surface area (Å²) in [5.74, 6) is 0.185. The summed E-state index contributed by atoms with van der Waals surface area (Å²) in [6, 6.07) is 8.88. The zero-order valence-corrected chi connectivity index (χ0v) is 21.4. The van der Waals surface area contributed by atoms with Crippen molar-refractivity contribution in [2.24, 2.45) is 11.7 Å². The quantitative estimate of drug-likeness (QED) is 0.435. The van der Waals surface area contributed by atoms with Crippen LogP contribution in [0, 0.1) is 5.92 Å². The molecule has 2 aliphatic rings. The Morgan fingerprint density at radius 1 is 1.08 bits per heavy atom. The van der Waals surface area contributed by atoms with Crippen LogP contribution in [0.25, 0.3) is 11.5 Å². The SMILES string of the molecule is C[C@H](N)c1oc(-c2ccc(OC(F)F)c(OCC3CC3)c2)nc1C(=O)N1CCN(C(=O)c2ccccn2)CC1. The van der Waals surface area contributed by atoms with Crippen molar-refractivity contribution in [2.75, 3.05) is 32.8 Å². The molecule has 39 heavy (non-hydrogen) atoms. The summed E-state index contributed by atoms with van der Waals surface area (Å²) in [7, 11) is 0.